The first-order valence-corrected chi connectivity index (χ1v) is 14.4. The molecule has 10 heteroatoms. The molecule has 1 aliphatic heterocycles. The zero-order chi connectivity index (χ0) is 30.5. The molecule has 1 aliphatic rings. The van der Waals surface area contributed by atoms with Gasteiger partial charge in [-0.05, 0) is 60.4 Å². The van der Waals surface area contributed by atoms with Crippen molar-refractivity contribution in [2.45, 2.75) is 32.2 Å². The summed E-state index contributed by atoms with van der Waals surface area (Å²) in [7, 11) is 3.26. The molecule has 2 aromatic heterocycles. The fourth-order valence-corrected chi connectivity index (χ4v) is 5.53. The zero-order valence-electron chi connectivity index (χ0n) is 24.3. The van der Waals surface area contributed by atoms with Gasteiger partial charge in [-0.3, -0.25) is 24.1 Å². The molecule has 3 heterocycles. The number of nitrogens with two attached hydrogens (primary N) is 1. The monoisotopic (exact) mass is 596 g/mol. The molecule has 0 aliphatic carbocycles. The molecule has 2 unspecified atom stereocenters. The summed E-state index contributed by atoms with van der Waals surface area (Å²) in [6.07, 6.45) is 6.47. The average molecular weight is 597 g/mol. The van der Waals surface area contributed by atoms with E-state index in [1.54, 1.807) is 37.3 Å². The first-order chi connectivity index (χ1) is 20.8. The number of pyridine rings is 1. The van der Waals surface area contributed by atoms with Crippen molar-refractivity contribution in [1.29, 1.82) is 0 Å². The highest BCUT2D eigenvalue weighted by molar-refractivity contribution is 6.31. The van der Waals surface area contributed by atoms with Crippen molar-refractivity contribution < 1.29 is 9.53 Å². The summed E-state index contributed by atoms with van der Waals surface area (Å²) >= 11 is 6.40. The number of halogens is 1. The van der Waals surface area contributed by atoms with E-state index in [2.05, 4.69) is 15.3 Å². The molecule has 220 valence electrons. The van der Waals surface area contributed by atoms with Crippen LogP contribution in [0.25, 0.3) is 22.4 Å². The number of aromatic nitrogens is 3. The molecule has 4 aromatic rings. The van der Waals surface area contributed by atoms with Gasteiger partial charge in [0, 0.05) is 47.6 Å². The van der Waals surface area contributed by atoms with Crippen molar-refractivity contribution in [1.82, 2.24) is 19.9 Å². The zero-order valence-corrected chi connectivity index (χ0v) is 25.0. The third-order valence-electron chi connectivity index (χ3n) is 7.67. The number of hydrogen-bond acceptors (Lipinski definition) is 7. The summed E-state index contributed by atoms with van der Waals surface area (Å²) in [5.41, 5.74) is 11.0. The maximum absolute atomic E-state index is 13.8. The molecule has 43 heavy (non-hydrogen) atoms. The number of hydrogen-bond donors (Lipinski definition) is 2. The SMILES string of the molecule is CN=C1C(=CN)NC(=O)C(C)CCCC(n2cnc(-c3cc(Cl)ccc3-c3cccc(OC)c3)cc2=O)c2cc1ccn2. The minimum Gasteiger partial charge on any atom is -0.497 e. The largest absolute Gasteiger partial charge is 0.497 e. The lowest BCUT2D eigenvalue weighted by Gasteiger charge is -2.23. The Morgan fingerprint density at radius 1 is 1.05 bits per heavy atom. The van der Waals surface area contributed by atoms with Crippen molar-refractivity contribution in [2.75, 3.05) is 14.2 Å². The van der Waals surface area contributed by atoms with E-state index in [4.69, 9.17) is 27.1 Å². The van der Waals surface area contributed by atoms with E-state index in [0.29, 0.717) is 47.1 Å². The average Bonchev–Trinajstić information content (AvgIpc) is 3.02. The highest BCUT2D eigenvalue weighted by Crippen LogP contribution is 2.35. The molecule has 5 rings (SSSR count). The van der Waals surface area contributed by atoms with Gasteiger partial charge >= 0.3 is 0 Å². The maximum Gasteiger partial charge on any atom is 0.254 e. The van der Waals surface area contributed by atoms with Crippen molar-refractivity contribution in [3.63, 3.8) is 0 Å². The molecule has 0 saturated heterocycles. The van der Waals surface area contributed by atoms with E-state index in [0.717, 1.165) is 28.0 Å². The van der Waals surface area contributed by atoms with Gasteiger partial charge in [0.2, 0.25) is 5.91 Å². The molecule has 2 aromatic carbocycles. The van der Waals surface area contributed by atoms with Crippen LogP contribution in [-0.2, 0) is 4.79 Å². The molecule has 0 spiro atoms. The van der Waals surface area contributed by atoms with Gasteiger partial charge in [0.05, 0.1) is 42.3 Å². The number of rotatable bonds is 4. The predicted octanol–water partition coefficient (Wildman–Crippen LogP) is 5.38. The topological polar surface area (TPSA) is 124 Å². The van der Waals surface area contributed by atoms with Crippen LogP contribution in [0.15, 0.2) is 94.9 Å². The summed E-state index contributed by atoms with van der Waals surface area (Å²) < 4.78 is 7.02. The second-order valence-electron chi connectivity index (χ2n) is 10.4. The maximum atomic E-state index is 13.8. The molecule has 9 nitrogen and oxygen atoms in total. The Kier molecular flexibility index (Phi) is 9.01. The Morgan fingerprint density at radius 2 is 1.88 bits per heavy atom. The number of benzene rings is 2. The molecule has 2 atom stereocenters. The molecule has 2 bridgehead atoms. The Balaban J connectivity index is 1.59. The summed E-state index contributed by atoms with van der Waals surface area (Å²) in [4.78, 5) is 40.5. The Labute approximate surface area is 255 Å². The summed E-state index contributed by atoms with van der Waals surface area (Å²) in [5.74, 6) is 0.312. The number of methoxy groups -OCH3 is 1. The Bertz CT molecular complexity index is 1780. The van der Waals surface area contributed by atoms with Gasteiger partial charge < -0.3 is 15.8 Å². The fourth-order valence-electron chi connectivity index (χ4n) is 5.36. The minimum atomic E-state index is -0.413. The van der Waals surface area contributed by atoms with E-state index >= 15 is 0 Å². The van der Waals surface area contributed by atoms with Gasteiger partial charge in [-0.1, -0.05) is 43.1 Å². The second kappa shape index (κ2) is 13.0. The van der Waals surface area contributed by atoms with E-state index < -0.39 is 6.04 Å². The van der Waals surface area contributed by atoms with Gasteiger partial charge in [-0.25, -0.2) is 4.98 Å². The van der Waals surface area contributed by atoms with Crippen LogP contribution in [0.5, 0.6) is 5.75 Å². The normalized spacial score (nSPS) is 19.4. The summed E-state index contributed by atoms with van der Waals surface area (Å²) in [5, 5.41) is 3.44. The molecule has 0 fully saturated rings. The number of carbonyl (C=O) groups is 1. The quantitative estimate of drug-likeness (QED) is 0.326. The van der Waals surface area contributed by atoms with Crippen molar-refractivity contribution in [3.05, 3.63) is 112 Å². The molecule has 0 saturated carbocycles. The highest BCUT2D eigenvalue weighted by Gasteiger charge is 2.24. The molecule has 3 N–H and O–H groups in total. The number of aliphatic imine (C=N–C) groups is 1. The molecule has 0 radical (unpaired) electrons. The van der Waals surface area contributed by atoms with Gasteiger partial charge in [0.1, 0.15) is 5.75 Å². The van der Waals surface area contributed by atoms with Gasteiger partial charge in [0.25, 0.3) is 5.56 Å². The minimum absolute atomic E-state index is 0.138. The molecular weight excluding hydrogens is 564 g/mol. The third-order valence-corrected chi connectivity index (χ3v) is 7.91. The number of nitrogens with one attached hydrogen (secondary N) is 1. The van der Waals surface area contributed by atoms with Crippen LogP contribution in [0.1, 0.15) is 43.5 Å². The van der Waals surface area contributed by atoms with Crippen LogP contribution in [0.3, 0.4) is 0 Å². The van der Waals surface area contributed by atoms with Gasteiger partial charge in [-0.2, -0.15) is 0 Å². The predicted molar refractivity (Wildman–Crippen MR) is 169 cm³/mol. The van der Waals surface area contributed by atoms with Crippen LogP contribution >= 0.6 is 11.6 Å². The molecular formula is C33H33ClN6O3. The van der Waals surface area contributed by atoms with Gasteiger partial charge in [-0.15, -0.1) is 0 Å². The lowest BCUT2D eigenvalue weighted by molar-refractivity contribution is -0.123. The van der Waals surface area contributed by atoms with E-state index in [-0.39, 0.29) is 17.4 Å². The highest BCUT2D eigenvalue weighted by atomic mass is 35.5. The first kappa shape index (κ1) is 29.7. The van der Waals surface area contributed by atoms with Crippen molar-refractivity contribution in [2.24, 2.45) is 16.6 Å². The van der Waals surface area contributed by atoms with E-state index in [9.17, 15) is 9.59 Å². The second-order valence-corrected chi connectivity index (χ2v) is 10.8. The van der Waals surface area contributed by atoms with Crippen LogP contribution in [0, 0.1) is 5.92 Å². The van der Waals surface area contributed by atoms with E-state index in [1.807, 2.05) is 55.5 Å². The number of ether oxygens (including phenoxy) is 1. The van der Waals surface area contributed by atoms with Gasteiger partial charge in [0.15, 0.2) is 0 Å². The Hall–Kier alpha value is -4.76. The number of fused-ring (bicyclic) bond motifs is 2. The summed E-state index contributed by atoms with van der Waals surface area (Å²) in [6, 6.07) is 18.0. The van der Waals surface area contributed by atoms with Crippen LogP contribution < -0.4 is 21.3 Å². The standard InChI is InChI=1S/C33H33ClN6O3/c1-20-6-4-9-30(28-15-22(12-13-37-28)32(36-2)29(18-35)39-33(20)42)40-19-38-27(17-31(40)41)26-16-23(34)10-11-25(26)21-7-5-8-24(14-21)43-3/h5,7-8,10-20,30H,4,6,9,35H2,1-3H3,(H,39,42). The summed E-state index contributed by atoms with van der Waals surface area (Å²) in [6.45, 7) is 1.87. The first-order valence-electron chi connectivity index (χ1n) is 14.0. The van der Waals surface area contributed by atoms with Crippen LogP contribution in [0.4, 0.5) is 0 Å². The van der Waals surface area contributed by atoms with Crippen molar-refractivity contribution >= 4 is 23.2 Å². The van der Waals surface area contributed by atoms with Crippen molar-refractivity contribution in [3.8, 4) is 28.1 Å². The number of allylic oxidation sites excluding steroid dienone is 1. The number of carbonyl (C=O) groups excluding carboxylic acids is 1. The van der Waals surface area contributed by atoms with Crippen LogP contribution in [0.2, 0.25) is 5.02 Å². The molecule has 1 amide bonds. The van der Waals surface area contributed by atoms with Crippen LogP contribution in [-0.4, -0.2) is 40.3 Å². The van der Waals surface area contributed by atoms with E-state index in [1.165, 1.54) is 12.3 Å². The lowest BCUT2D eigenvalue weighted by Crippen LogP contribution is -2.33. The lowest BCUT2D eigenvalue weighted by atomic mass is 9.96. The number of nitrogens with zero attached hydrogens (tertiary/aromatic N) is 4. The smallest absolute Gasteiger partial charge is 0.254 e. The Morgan fingerprint density at radius 3 is 2.63 bits per heavy atom. The fraction of sp³-hybridized carbons (Fsp3) is 0.242. The third kappa shape index (κ3) is 6.36. The number of amides is 1.